The highest BCUT2D eigenvalue weighted by Crippen LogP contribution is 2.28. The van der Waals surface area contributed by atoms with Gasteiger partial charge in [-0.1, -0.05) is 57.5 Å². The van der Waals surface area contributed by atoms with E-state index in [1.54, 1.807) is 0 Å². The second-order valence-electron chi connectivity index (χ2n) is 6.49. The standard InChI is InChI=1S/C18H30N2/c1-5-9-17-13-20(18(12-19-17)14(2)3)15(4)16-10-7-6-8-11-16/h6-8,10-11,14-15,17-19H,5,9,12-13H2,1-4H3. The summed E-state index contributed by atoms with van der Waals surface area (Å²) in [4.78, 5) is 2.72. The van der Waals surface area contributed by atoms with Gasteiger partial charge in [0.25, 0.3) is 0 Å². The summed E-state index contributed by atoms with van der Waals surface area (Å²) < 4.78 is 0. The predicted octanol–water partition coefficient (Wildman–Crippen LogP) is 3.85. The second-order valence-corrected chi connectivity index (χ2v) is 6.49. The summed E-state index contributed by atoms with van der Waals surface area (Å²) in [5.74, 6) is 0.691. The number of nitrogens with zero attached hydrogens (tertiary/aromatic N) is 1. The number of hydrogen-bond acceptors (Lipinski definition) is 2. The molecule has 1 N–H and O–H groups in total. The molecule has 0 spiro atoms. The van der Waals surface area contributed by atoms with Crippen LogP contribution >= 0.6 is 0 Å². The lowest BCUT2D eigenvalue weighted by atomic mass is 9.93. The Kier molecular flexibility index (Phi) is 5.62. The maximum absolute atomic E-state index is 3.75. The van der Waals surface area contributed by atoms with Crippen LogP contribution in [0.25, 0.3) is 0 Å². The van der Waals surface area contributed by atoms with Gasteiger partial charge in [0.05, 0.1) is 0 Å². The van der Waals surface area contributed by atoms with Crippen LogP contribution in [0.1, 0.15) is 52.1 Å². The van der Waals surface area contributed by atoms with Gasteiger partial charge in [0.1, 0.15) is 0 Å². The SMILES string of the molecule is CCCC1CN(C(C)c2ccccc2)C(C(C)C)CN1. The van der Waals surface area contributed by atoms with Crippen LogP contribution in [0, 0.1) is 5.92 Å². The monoisotopic (exact) mass is 274 g/mol. The summed E-state index contributed by atoms with van der Waals surface area (Å²) in [5, 5.41) is 3.75. The molecule has 1 saturated heterocycles. The molecular weight excluding hydrogens is 244 g/mol. The Morgan fingerprint density at radius 1 is 1.20 bits per heavy atom. The highest BCUT2D eigenvalue weighted by molar-refractivity contribution is 5.19. The second kappa shape index (κ2) is 7.24. The average Bonchev–Trinajstić information content (AvgIpc) is 2.47. The number of benzene rings is 1. The van der Waals surface area contributed by atoms with Crippen LogP contribution in [-0.4, -0.2) is 30.1 Å². The topological polar surface area (TPSA) is 15.3 Å². The first kappa shape index (κ1) is 15.5. The highest BCUT2D eigenvalue weighted by Gasteiger charge is 2.32. The zero-order valence-corrected chi connectivity index (χ0v) is 13.5. The van der Waals surface area contributed by atoms with Gasteiger partial charge in [-0.2, -0.15) is 0 Å². The van der Waals surface area contributed by atoms with Crippen molar-refractivity contribution in [1.82, 2.24) is 10.2 Å². The van der Waals surface area contributed by atoms with Gasteiger partial charge in [-0.15, -0.1) is 0 Å². The van der Waals surface area contributed by atoms with E-state index in [1.807, 2.05) is 0 Å². The Morgan fingerprint density at radius 2 is 1.90 bits per heavy atom. The Balaban J connectivity index is 2.14. The van der Waals surface area contributed by atoms with Crippen molar-refractivity contribution in [3.8, 4) is 0 Å². The minimum atomic E-state index is 0.505. The average molecular weight is 274 g/mol. The normalized spacial score (nSPS) is 25.9. The fraction of sp³-hybridized carbons (Fsp3) is 0.667. The molecule has 0 aliphatic carbocycles. The van der Waals surface area contributed by atoms with E-state index < -0.39 is 0 Å². The number of rotatable bonds is 5. The lowest BCUT2D eigenvalue weighted by Gasteiger charge is -2.45. The number of hydrogen-bond donors (Lipinski definition) is 1. The maximum Gasteiger partial charge on any atom is 0.0324 e. The van der Waals surface area contributed by atoms with Crippen LogP contribution in [-0.2, 0) is 0 Å². The summed E-state index contributed by atoms with van der Waals surface area (Å²) in [6, 6.07) is 12.7. The molecule has 0 radical (unpaired) electrons. The first-order chi connectivity index (χ1) is 9.63. The Morgan fingerprint density at radius 3 is 2.50 bits per heavy atom. The van der Waals surface area contributed by atoms with E-state index in [-0.39, 0.29) is 0 Å². The molecule has 1 heterocycles. The predicted molar refractivity (Wildman–Crippen MR) is 86.9 cm³/mol. The van der Waals surface area contributed by atoms with E-state index in [0.717, 1.165) is 6.54 Å². The lowest BCUT2D eigenvalue weighted by Crippen LogP contribution is -2.58. The summed E-state index contributed by atoms with van der Waals surface area (Å²) in [7, 11) is 0. The van der Waals surface area contributed by atoms with Crippen LogP contribution < -0.4 is 5.32 Å². The molecule has 0 bridgehead atoms. The van der Waals surface area contributed by atoms with Gasteiger partial charge in [0.2, 0.25) is 0 Å². The van der Waals surface area contributed by atoms with Crippen LogP contribution in [0.15, 0.2) is 30.3 Å². The first-order valence-corrected chi connectivity index (χ1v) is 8.17. The van der Waals surface area contributed by atoms with E-state index in [4.69, 9.17) is 0 Å². The van der Waals surface area contributed by atoms with Gasteiger partial charge in [-0.25, -0.2) is 0 Å². The van der Waals surface area contributed by atoms with Crippen molar-refractivity contribution in [2.75, 3.05) is 13.1 Å². The smallest absolute Gasteiger partial charge is 0.0324 e. The fourth-order valence-corrected chi connectivity index (χ4v) is 3.39. The molecule has 2 nitrogen and oxygen atoms in total. The molecule has 1 aromatic rings. The first-order valence-electron chi connectivity index (χ1n) is 8.17. The summed E-state index contributed by atoms with van der Waals surface area (Å²) in [6.45, 7) is 11.6. The van der Waals surface area contributed by atoms with E-state index in [9.17, 15) is 0 Å². The molecule has 0 aromatic heterocycles. The molecule has 0 saturated carbocycles. The molecular formula is C18H30N2. The zero-order valence-electron chi connectivity index (χ0n) is 13.5. The summed E-state index contributed by atoms with van der Waals surface area (Å²) in [6.07, 6.45) is 2.54. The van der Waals surface area contributed by atoms with E-state index in [0.29, 0.717) is 24.0 Å². The third-order valence-corrected chi connectivity index (χ3v) is 4.66. The fourth-order valence-electron chi connectivity index (χ4n) is 3.39. The molecule has 1 aliphatic heterocycles. The number of nitrogens with one attached hydrogen (secondary N) is 1. The van der Waals surface area contributed by atoms with Gasteiger partial charge in [-0.05, 0) is 24.8 Å². The van der Waals surface area contributed by atoms with Crippen molar-refractivity contribution >= 4 is 0 Å². The molecule has 3 atom stereocenters. The van der Waals surface area contributed by atoms with Crippen molar-refractivity contribution in [2.24, 2.45) is 5.92 Å². The van der Waals surface area contributed by atoms with E-state index in [2.05, 4.69) is 68.2 Å². The third-order valence-electron chi connectivity index (χ3n) is 4.66. The molecule has 2 rings (SSSR count). The third kappa shape index (κ3) is 3.62. The van der Waals surface area contributed by atoms with Crippen LogP contribution in [0.2, 0.25) is 0 Å². The summed E-state index contributed by atoms with van der Waals surface area (Å²) >= 11 is 0. The molecule has 1 aliphatic rings. The van der Waals surface area contributed by atoms with E-state index >= 15 is 0 Å². The zero-order chi connectivity index (χ0) is 14.5. The Bertz CT molecular complexity index is 388. The molecule has 2 heteroatoms. The van der Waals surface area contributed by atoms with Crippen molar-refractivity contribution in [1.29, 1.82) is 0 Å². The Hall–Kier alpha value is -0.860. The molecule has 3 unspecified atom stereocenters. The molecule has 1 aromatic carbocycles. The van der Waals surface area contributed by atoms with Gasteiger partial charge in [0, 0.05) is 31.2 Å². The summed E-state index contributed by atoms with van der Waals surface area (Å²) in [5.41, 5.74) is 1.44. The highest BCUT2D eigenvalue weighted by atomic mass is 15.3. The van der Waals surface area contributed by atoms with Gasteiger partial charge >= 0.3 is 0 Å². The number of piperazine rings is 1. The van der Waals surface area contributed by atoms with Crippen LogP contribution in [0.3, 0.4) is 0 Å². The largest absolute Gasteiger partial charge is 0.311 e. The van der Waals surface area contributed by atoms with Gasteiger partial charge < -0.3 is 5.32 Å². The minimum Gasteiger partial charge on any atom is -0.311 e. The van der Waals surface area contributed by atoms with Crippen molar-refractivity contribution in [3.05, 3.63) is 35.9 Å². The maximum atomic E-state index is 3.75. The van der Waals surface area contributed by atoms with E-state index in [1.165, 1.54) is 24.9 Å². The minimum absolute atomic E-state index is 0.505. The molecule has 112 valence electrons. The van der Waals surface area contributed by atoms with Crippen LogP contribution in [0.5, 0.6) is 0 Å². The van der Waals surface area contributed by atoms with Crippen molar-refractivity contribution in [3.63, 3.8) is 0 Å². The van der Waals surface area contributed by atoms with Gasteiger partial charge in [0.15, 0.2) is 0 Å². The lowest BCUT2D eigenvalue weighted by molar-refractivity contribution is 0.0598. The van der Waals surface area contributed by atoms with Crippen molar-refractivity contribution in [2.45, 2.75) is 58.7 Å². The molecule has 20 heavy (non-hydrogen) atoms. The van der Waals surface area contributed by atoms with Crippen molar-refractivity contribution < 1.29 is 0 Å². The quantitative estimate of drug-likeness (QED) is 0.877. The van der Waals surface area contributed by atoms with Crippen LogP contribution in [0.4, 0.5) is 0 Å². The molecule has 1 fully saturated rings. The van der Waals surface area contributed by atoms with Gasteiger partial charge in [-0.3, -0.25) is 4.90 Å². The molecule has 0 amide bonds. The Labute approximate surface area is 124 Å².